The van der Waals surface area contributed by atoms with E-state index in [1.165, 1.54) is 0 Å². The van der Waals surface area contributed by atoms with Crippen LogP contribution in [0.4, 0.5) is 10.5 Å². The van der Waals surface area contributed by atoms with Crippen LogP contribution in [-0.2, 0) is 4.79 Å². The molecular weight excluding hydrogens is 244 g/mol. The molecule has 0 saturated carbocycles. The first kappa shape index (κ1) is 13.3. The minimum Gasteiger partial charge on any atom is -0.480 e. The Morgan fingerprint density at radius 3 is 2.59 bits per heavy atom. The summed E-state index contributed by atoms with van der Waals surface area (Å²) in [7, 11) is 0. The van der Waals surface area contributed by atoms with Crippen molar-refractivity contribution in [2.24, 2.45) is 0 Å². The molecule has 0 heterocycles. The lowest BCUT2D eigenvalue weighted by atomic mass is 10.2. The van der Waals surface area contributed by atoms with Crippen molar-refractivity contribution in [1.29, 1.82) is 0 Å². The number of nitrogens with one attached hydrogen (secondary N) is 2. The number of anilines is 1. The molecule has 1 rings (SSSR count). The van der Waals surface area contributed by atoms with Crippen LogP contribution >= 0.6 is 11.6 Å². The lowest BCUT2D eigenvalue weighted by Crippen LogP contribution is -2.42. The normalized spacial score (nSPS) is 11.6. The first-order valence-corrected chi connectivity index (χ1v) is 5.47. The van der Waals surface area contributed by atoms with Crippen LogP contribution in [0.5, 0.6) is 0 Å². The van der Waals surface area contributed by atoms with Gasteiger partial charge in [0, 0.05) is 0 Å². The van der Waals surface area contributed by atoms with Crippen molar-refractivity contribution in [3.63, 3.8) is 0 Å². The average molecular weight is 257 g/mol. The maximum Gasteiger partial charge on any atom is 0.326 e. The molecule has 1 atom stereocenters. The quantitative estimate of drug-likeness (QED) is 0.774. The number of para-hydroxylation sites is 1. The molecule has 0 aliphatic heterocycles. The predicted molar refractivity (Wildman–Crippen MR) is 65.3 cm³/mol. The molecule has 0 aliphatic rings. The van der Waals surface area contributed by atoms with Crippen LogP contribution in [-0.4, -0.2) is 23.1 Å². The van der Waals surface area contributed by atoms with E-state index in [2.05, 4.69) is 10.6 Å². The highest BCUT2D eigenvalue weighted by Gasteiger charge is 2.17. The van der Waals surface area contributed by atoms with Gasteiger partial charge in [-0.15, -0.1) is 0 Å². The van der Waals surface area contributed by atoms with Crippen LogP contribution in [0.1, 0.15) is 13.3 Å². The zero-order valence-corrected chi connectivity index (χ0v) is 9.99. The zero-order valence-electron chi connectivity index (χ0n) is 9.24. The summed E-state index contributed by atoms with van der Waals surface area (Å²) in [5.41, 5.74) is 0.437. The van der Waals surface area contributed by atoms with Gasteiger partial charge in [0.05, 0.1) is 10.7 Å². The van der Waals surface area contributed by atoms with E-state index in [9.17, 15) is 9.59 Å². The number of urea groups is 1. The van der Waals surface area contributed by atoms with Gasteiger partial charge in [0.25, 0.3) is 0 Å². The maximum absolute atomic E-state index is 11.5. The van der Waals surface area contributed by atoms with Gasteiger partial charge in [-0.05, 0) is 18.6 Å². The van der Waals surface area contributed by atoms with Crippen LogP contribution in [0.25, 0.3) is 0 Å². The number of benzene rings is 1. The van der Waals surface area contributed by atoms with E-state index in [0.29, 0.717) is 17.1 Å². The van der Waals surface area contributed by atoms with Crippen molar-refractivity contribution in [2.75, 3.05) is 5.32 Å². The van der Waals surface area contributed by atoms with Crippen LogP contribution in [0.15, 0.2) is 24.3 Å². The number of carbonyl (C=O) groups is 2. The molecule has 0 bridgehead atoms. The SMILES string of the molecule is CC[C@@H](NC(=O)Nc1ccccc1Cl)C(=O)O. The standard InChI is InChI=1S/C11H13ClN2O3/c1-2-8(10(15)16)13-11(17)14-9-6-4-3-5-7(9)12/h3-6,8H,2H2,1H3,(H,15,16)(H2,13,14,17)/t8-/m1/s1. The van der Waals surface area contributed by atoms with E-state index < -0.39 is 18.0 Å². The number of rotatable bonds is 4. The molecule has 0 aliphatic carbocycles. The van der Waals surface area contributed by atoms with E-state index in [0.717, 1.165) is 0 Å². The number of hydrogen-bond acceptors (Lipinski definition) is 2. The first-order chi connectivity index (χ1) is 8.04. The Bertz CT molecular complexity index is 423. The highest BCUT2D eigenvalue weighted by molar-refractivity contribution is 6.33. The zero-order chi connectivity index (χ0) is 12.8. The summed E-state index contributed by atoms with van der Waals surface area (Å²) >= 11 is 5.84. The number of hydrogen-bond donors (Lipinski definition) is 3. The predicted octanol–water partition coefficient (Wildman–Crippen LogP) is 2.32. The van der Waals surface area contributed by atoms with Gasteiger partial charge in [-0.1, -0.05) is 30.7 Å². The second kappa shape index (κ2) is 6.10. The largest absolute Gasteiger partial charge is 0.480 e. The van der Waals surface area contributed by atoms with E-state index in [-0.39, 0.29) is 0 Å². The van der Waals surface area contributed by atoms with Gasteiger partial charge in [0.1, 0.15) is 6.04 Å². The molecule has 6 heteroatoms. The van der Waals surface area contributed by atoms with Crippen molar-refractivity contribution in [3.05, 3.63) is 29.3 Å². The van der Waals surface area contributed by atoms with Gasteiger partial charge in [-0.3, -0.25) is 0 Å². The maximum atomic E-state index is 11.5. The summed E-state index contributed by atoms with van der Waals surface area (Å²) in [6, 6.07) is 5.22. The fraction of sp³-hybridized carbons (Fsp3) is 0.273. The number of carboxylic acid groups (broad SMARTS) is 1. The third-order valence-corrected chi connectivity index (χ3v) is 2.46. The van der Waals surface area contributed by atoms with Gasteiger partial charge >= 0.3 is 12.0 Å². The molecule has 0 aromatic heterocycles. The summed E-state index contributed by atoms with van der Waals surface area (Å²) in [5, 5.41) is 14.0. The molecule has 1 aromatic carbocycles. The molecule has 92 valence electrons. The molecule has 2 amide bonds. The van der Waals surface area contributed by atoms with Crippen LogP contribution in [0.3, 0.4) is 0 Å². The number of halogens is 1. The third-order valence-electron chi connectivity index (χ3n) is 2.13. The number of amides is 2. The summed E-state index contributed by atoms with van der Waals surface area (Å²) in [5.74, 6) is -1.07. The molecule has 0 unspecified atom stereocenters. The van der Waals surface area contributed by atoms with Gasteiger partial charge in [0.15, 0.2) is 0 Å². The molecule has 0 fully saturated rings. The lowest BCUT2D eigenvalue weighted by Gasteiger charge is -2.13. The lowest BCUT2D eigenvalue weighted by molar-refractivity contribution is -0.139. The van der Waals surface area contributed by atoms with Crippen molar-refractivity contribution in [2.45, 2.75) is 19.4 Å². The van der Waals surface area contributed by atoms with E-state index in [4.69, 9.17) is 16.7 Å². The summed E-state index contributed by atoms with van der Waals surface area (Å²) in [4.78, 5) is 22.2. The molecule has 17 heavy (non-hydrogen) atoms. The fourth-order valence-electron chi connectivity index (χ4n) is 1.22. The Hall–Kier alpha value is -1.75. The highest BCUT2D eigenvalue weighted by Crippen LogP contribution is 2.20. The van der Waals surface area contributed by atoms with Crippen LogP contribution in [0.2, 0.25) is 5.02 Å². The molecule has 3 N–H and O–H groups in total. The van der Waals surface area contributed by atoms with Gasteiger partial charge in [-0.25, -0.2) is 9.59 Å². The second-order valence-electron chi connectivity index (χ2n) is 3.38. The smallest absolute Gasteiger partial charge is 0.326 e. The Labute approximate surface area is 104 Å². The van der Waals surface area contributed by atoms with E-state index in [1.54, 1.807) is 31.2 Å². The van der Waals surface area contributed by atoms with Crippen molar-refractivity contribution >= 4 is 29.3 Å². The monoisotopic (exact) mass is 256 g/mol. The first-order valence-electron chi connectivity index (χ1n) is 5.09. The van der Waals surface area contributed by atoms with Crippen molar-refractivity contribution < 1.29 is 14.7 Å². The van der Waals surface area contributed by atoms with Gasteiger partial charge in [-0.2, -0.15) is 0 Å². The van der Waals surface area contributed by atoms with E-state index in [1.807, 2.05) is 0 Å². The average Bonchev–Trinajstić information content (AvgIpc) is 2.28. The second-order valence-corrected chi connectivity index (χ2v) is 3.78. The molecule has 0 saturated heterocycles. The Balaban J connectivity index is 2.61. The fourth-order valence-corrected chi connectivity index (χ4v) is 1.40. The third kappa shape index (κ3) is 3.96. The Morgan fingerprint density at radius 2 is 2.06 bits per heavy atom. The van der Waals surface area contributed by atoms with E-state index >= 15 is 0 Å². The molecule has 0 spiro atoms. The summed E-state index contributed by atoms with van der Waals surface area (Å²) in [6.45, 7) is 1.68. The Morgan fingerprint density at radius 1 is 1.41 bits per heavy atom. The topological polar surface area (TPSA) is 78.4 Å². The minimum atomic E-state index is -1.07. The molecule has 1 aromatic rings. The van der Waals surface area contributed by atoms with Crippen molar-refractivity contribution in [1.82, 2.24) is 5.32 Å². The number of aliphatic carboxylic acids is 1. The minimum absolute atomic E-state index is 0.311. The van der Waals surface area contributed by atoms with Crippen molar-refractivity contribution in [3.8, 4) is 0 Å². The molecule has 5 nitrogen and oxygen atoms in total. The number of carbonyl (C=O) groups excluding carboxylic acids is 1. The van der Waals surface area contributed by atoms with Gasteiger partial charge < -0.3 is 15.7 Å². The Kier molecular flexibility index (Phi) is 4.78. The van der Waals surface area contributed by atoms with Gasteiger partial charge in [0.2, 0.25) is 0 Å². The molecule has 0 radical (unpaired) electrons. The summed E-state index contributed by atoms with van der Waals surface area (Å²) in [6.07, 6.45) is 0.311. The van der Waals surface area contributed by atoms with Crippen LogP contribution in [0, 0.1) is 0 Å². The highest BCUT2D eigenvalue weighted by atomic mass is 35.5. The molecular formula is C11H13ClN2O3. The summed E-state index contributed by atoms with van der Waals surface area (Å²) < 4.78 is 0. The number of carboxylic acids is 1. The van der Waals surface area contributed by atoms with Crippen LogP contribution < -0.4 is 10.6 Å².